The first-order valence-corrected chi connectivity index (χ1v) is 11.8. The lowest BCUT2D eigenvalue weighted by Crippen LogP contribution is -2.20. The number of anilines is 1. The van der Waals surface area contributed by atoms with E-state index in [9.17, 15) is 14.0 Å². The number of fused-ring (bicyclic) bond motifs is 3. The van der Waals surface area contributed by atoms with Gasteiger partial charge in [-0.2, -0.15) is 0 Å². The van der Waals surface area contributed by atoms with Gasteiger partial charge in [0.15, 0.2) is 6.61 Å². The Balaban J connectivity index is 1.58. The third-order valence-electron chi connectivity index (χ3n) is 6.19. The maximum absolute atomic E-state index is 13.1. The van der Waals surface area contributed by atoms with Gasteiger partial charge < -0.3 is 14.5 Å². The molecule has 4 rings (SSSR count). The maximum Gasteiger partial charge on any atom is 0.339 e. The van der Waals surface area contributed by atoms with Crippen LogP contribution >= 0.6 is 0 Å². The molecule has 1 aliphatic rings. The third-order valence-corrected chi connectivity index (χ3v) is 6.19. The van der Waals surface area contributed by atoms with Gasteiger partial charge in [0.1, 0.15) is 17.1 Å². The van der Waals surface area contributed by atoms with Gasteiger partial charge in [-0.3, -0.25) is 4.79 Å². The normalized spacial score (nSPS) is 13.0. The van der Waals surface area contributed by atoms with Crippen molar-refractivity contribution in [2.75, 3.05) is 11.9 Å². The zero-order chi connectivity index (χ0) is 23.2. The summed E-state index contributed by atoms with van der Waals surface area (Å²) >= 11 is 0. The summed E-state index contributed by atoms with van der Waals surface area (Å²) in [5.41, 5.74) is 3.66. The minimum atomic E-state index is -0.364. The van der Waals surface area contributed by atoms with Crippen molar-refractivity contribution in [2.24, 2.45) is 0 Å². The van der Waals surface area contributed by atoms with Crippen molar-refractivity contribution >= 4 is 22.6 Å². The van der Waals surface area contributed by atoms with Gasteiger partial charge in [0.05, 0.1) is 0 Å². The molecule has 1 amide bonds. The van der Waals surface area contributed by atoms with Crippen LogP contribution in [0.5, 0.6) is 5.75 Å². The molecule has 0 fully saturated rings. The molecular formula is C27H30FNO4. The van der Waals surface area contributed by atoms with E-state index >= 15 is 0 Å². The van der Waals surface area contributed by atoms with E-state index in [1.165, 1.54) is 30.7 Å². The lowest BCUT2D eigenvalue weighted by molar-refractivity contribution is -0.118. The van der Waals surface area contributed by atoms with Gasteiger partial charge in [-0.05, 0) is 80.0 Å². The van der Waals surface area contributed by atoms with E-state index in [4.69, 9.17) is 9.15 Å². The highest BCUT2D eigenvalue weighted by molar-refractivity contribution is 5.92. The van der Waals surface area contributed by atoms with Gasteiger partial charge in [-0.25, -0.2) is 9.18 Å². The van der Waals surface area contributed by atoms with Crippen molar-refractivity contribution < 1.29 is 18.3 Å². The average molecular weight is 452 g/mol. The van der Waals surface area contributed by atoms with Gasteiger partial charge in [-0.15, -0.1) is 0 Å². The Labute approximate surface area is 193 Å². The standard InChI is InChI=1S/C27H30FNO4/c1-2-3-4-5-8-18-15-23-21-9-6-7-10-22(21)27(31)33-25(23)16-24(18)32-17-26(30)29-20-13-11-19(28)12-14-20/h11-16H,2-10,17H2,1H3,(H,29,30). The number of hydrogen-bond acceptors (Lipinski definition) is 4. The number of halogens is 1. The average Bonchev–Trinajstić information content (AvgIpc) is 2.82. The van der Waals surface area contributed by atoms with Crippen molar-refractivity contribution in [3.63, 3.8) is 0 Å². The van der Waals surface area contributed by atoms with Crippen molar-refractivity contribution in [2.45, 2.75) is 64.7 Å². The fourth-order valence-corrected chi connectivity index (χ4v) is 4.46. The summed E-state index contributed by atoms with van der Waals surface area (Å²) < 4.78 is 24.6. The molecule has 174 valence electrons. The highest BCUT2D eigenvalue weighted by Crippen LogP contribution is 2.32. The number of hydrogen-bond donors (Lipinski definition) is 1. The predicted molar refractivity (Wildman–Crippen MR) is 127 cm³/mol. The molecule has 5 nitrogen and oxygen atoms in total. The highest BCUT2D eigenvalue weighted by atomic mass is 19.1. The molecule has 0 spiro atoms. The Morgan fingerprint density at radius 1 is 1.06 bits per heavy atom. The second-order valence-corrected chi connectivity index (χ2v) is 8.66. The fraction of sp³-hybridized carbons (Fsp3) is 0.407. The van der Waals surface area contributed by atoms with E-state index < -0.39 is 0 Å². The molecule has 0 aliphatic heterocycles. The minimum Gasteiger partial charge on any atom is -0.483 e. The highest BCUT2D eigenvalue weighted by Gasteiger charge is 2.20. The van der Waals surface area contributed by atoms with Crippen molar-refractivity contribution in [3.8, 4) is 5.75 Å². The van der Waals surface area contributed by atoms with Crippen LogP contribution in [0.1, 0.15) is 62.1 Å². The number of nitrogens with one attached hydrogen (secondary N) is 1. The monoisotopic (exact) mass is 451 g/mol. The molecule has 0 radical (unpaired) electrons. The number of carbonyl (C=O) groups excluding carboxylic acids is 1. The third kappa shape index (κ3) is 5.62. The van der Waals surface area contributed by atoms with Crippen LogP contribution in [0.15, 0.2) is 45.6 Å². The molecule has 33 heavy (non-hydrogen) atoms. The topological polar surface area (TPSA) is 68.5 Å². The second-order valence-electron chi connectivity index (χ2n) is 8.66. The van der Waals surface area contributed by atoms with Crippen LogP contribution in [0.2, 0.25) is 0 Å². The van der Waals surface area contributed by atoms with E-state index in [0.717, 1.165) is 73.4 Å². The summed E-state index contributed by atoms with van der Waals surface area (Å²) in [6, 6.07) is 9.42. The zero-order valence-electron chi connectivity index (χ0n) is 19.0. The molecule has 0 atom stereocenters. The molecule has 1 heterocycles. The number of ether oxygens (including phenoxy) is 1. The van der Waals surface area contributed by atoms with E-state index in [2.05, 4.69) is 18.3 Å². The number of amides is 1. The molecule has 1 aliphatic carbocycles. The van der Waals surface area contributed by atoms with Crippen molar-refractivity contribution in [3.05, 3.63) is 69.3 Å². The largest absolute Gasteiger partial charge is 0.483 e. The molecule has 1 N–H and O–H groups in total. The number of carbonyl (C=O) groups is 1. The van der Waals surface area contributed by atoms with Gasteiger partial charge >= 0.3 is 5.63 Å². The predicted octanol–water partition coefficient (Wildman–Crippen LogP) is 5.95. The first-order chi connectivity index (χ1) is 16.0. The molecular weight excluding hydrogens is 421 g/mol. The van der Waals surface area contributed by atoms with Crippen LogP contribution in [0.25, 0.3) is 11.0 Å². The first-order valence-electron chi connectivity index (χ1n) is 11.8. The van der Waals surface area contributed by atoms with E-state index in [1.807, 2.05) is 0 Å². The first kappa shape index (κ1) is 23.0. The second kappa shape index (κ2) is 10.6. The Morgan fingerprint density at radius 3 is 2.58 bits per heavy atom. The van der Waals surface area contributed by atoms with Crippen LogP contribution in [0.4, 0.5) is 10.1 Å². The Morgan fingerprint density at radius 2 is 1.82 bits per heavy atom. The van der Waals surface area contributed by atoms with Crippen LogP contribution in [-0.4, -0.2) is 12.5 Å². The number of benzene rings is 2. The number of unbranched alkanes of at least 4 members (excludes halogenated alkanes) is 3. The van der Waals surface area contributed by atoms with Gasteiger partial charge in [0.25, 0.3) is 5.91 Å². The van der Waals surface area contributed by atoms with Gasteiger partial charge in [0, 0.05) is 22.7 Å². The quantitative estimate of drug-likeness (QED) is 0.322. The van der Waals surface area contributed by atoms with Gasteiger partial charge in [-0.1, -0.05) is 26.2 Å². The van der Waals surface area contributed by atoms with Crippen molar-refractivity contribution in [1.82, 2.24) is 0 Å². The molecule has 0 saturated heterocycles. The summed E-state index contributed by atoms with van der Waals surface area (Å²) in [4.78, 5) is 24.9. The molecule has 3 aromatic rings. The summed E-state index contributed by atoms with van der Waals surface area (Å²) in [6.45, 7) is 1.98. The molecule has 2 aromatic carbocycles. The van der Waals surface area contributed by atoms with Crippen LogP contribution in [0, 0.1) is 5.82 Å². The smallest absolute Gasteiger partial charge is 0.339 e. The summed E-state index contributed by atoms with van der Waals surface area (Å²) in [6.07, 6.45) is 9.04. The van der Waals surface area contributed by atoms with E-state index in [-0.39, 0.29) is 24.0 Å². The Bertz CT molecular complexity index is 1180. The van der Waals surface area contributed by atoms with E-state index in [0.29, 0.717) is 17.0 Å². The number of rotatable bonds is 9. The van der Waals surface area contributed by atoms with Crippen LogP contribution in [0.3, 0.4) is 0 Å². The molecule has 6 heteroatoms. The Kier molecular flexibility index (Phi) is 7.43. The van der Waals surface area contributed by atoms with Gasteiger partial charge in [0.2, 0.25) is 0 Å². The summed E-state index contributed by atoms with van der Waals surface area (Å²) in [5, 5.41) is 3.69. The van der Waals surface area contributed by atoms with Crippen molar-refractivity contribution in [1.29, 1.82) is 0 Å². The van der Waals surface area contributed by atoms with E-state index in [1.54, 1.807) is 6.07 Å². The maximum atomic E-state index is 13.1. The molecule has 0 bridgehead atoms. The SMILES string of the molecule is CCCCCCc1cc2c3c(c(=O)oc2cc1OCC(=O)Nc1ccc(F)cc1)CCCC3. The zero-order valence-corrected chi connectivity index (χ0v) is 19.0. The lowest BCUT2D eigenvalue weighted by atomic mass is 9.89. The van der Waals surface area contributed by atoms with Crippen LogP contribution in [-0.2, 0) is 24.1 Å². The molecule has 0 unspecified atom stereocenters. The van der Waals surface area contributed by atoms with Crippen LogP contribution < -0.4 is 15.7 Å². The fourth-order valence-electron chi connectivity index (χ4n) is 4.46. The number of aryl methyl sites for hydroxylation is 2. The lowest BCUT2D eigenvalue weighted by Gasteiger charge is -2.18. The minimum absolute atomic E-state index is 0.194. The molecule has 1 aromatic heterocycles. The summed E-state index contributed by atoms with van der Waals surface area (Å²) in [7, 11) is 0. The Hall–Kier alpha value is -3.15. The molecule has 0 saturated carbocycles. The summed E-state index contributed by atoms with van der Waals surface area (Å²) in [5.74, 6) is -0.144.